The van der Waals surface area contributed by atoms with Gasteiger partial charge in [-0.25, -0.2) is 0 Å². The molecule has 0 aromatic heterocycles. The Morgan fingerprint density at radius 2 is 0.635 bits per heavy atom. The van der Waals surface area contributed by atoms with Crippen molar-refractivity contribution < 1.29 is 43.8 Å². The SMILES string of the molecule is CCC(C)c1ccc(O)cc1.CCC(C)c1ccc(O)cc1.CCC(C)c1ccc(O)cc1.CCC(C)c1ccc(OC(C)(C)CC)cc1.CCC(C)c1ccc(OC(C)(C)CC)cc1.CCC1(OC(=O)C(C)(C)CC)CCCC1.CCOC(C)Oc1ccc(C(C)CC)cc1. The fourth-order valence-electron chi connectivity index (χ4n) is 9.70. The van der Waals surface area contributed by atoms with Crippen molar-refractivity contribution in [1.29, 1.82) is 0 Å². The van der Waals surface area contributed by atoms with E-state index in [1.54, 1.807) is 36.4 Å². The Kier molecular flexibility index (Phi) is 41.9. The molecule has 0 saturated heterocycles. The third-order valence-electron chi connectivity index (χ3n) is 19.5. The summed E-state index contributed by atoms with van der Waals surface area (Å²) in [5.74, 6) is 7.48. The highest BCUT2D eigenvalue weighted by atomic mass is 16.7. The lowest BCUT2D eigenvalue weighted by Crippen LogP contribution is -2.37. The molecule has 3 N–H and O–H groups in total. The summed E-state index contributed by atoms with van der Waals surface area (Å²) in [4.78, 5) is 12.0. The number of carbonyl (C=O) groups is 1. The Morgan fingerprint density at radius 3 is 0.854 bits per heavy atom. The van der Waals surface area contributed by atoms with Crippen molar-refractivity contribution in [2.24, 2.45) is 5.41 Å². The Morgan fingerprint density at radius 1 is 0.385 bits per heavy atom. The summed E-state index contributed by atoms with van der Waals surface area (Å²) in [6, 6.07) is 47.6. The van der Waals surface area contributed by atoms with Crippen molar-refractivity contribution in [2.45, 2.75) is 315 Å². The molecule has 538 valence electrons. The number of benzene rings is 6. The van der Waals surface area contributed by atoms with Gasteiger partial charge in [0.05, 0.1) is 5.41 Å². The lowest BCUT2D eigenvalue weighted by Gasteiger charge is -2.32. The fraction of sp³-hybridized carbons (Fsp3) is 0.575. The van der Waals surface area contributed by atoms with Crippen LogP contribution in [0, 0.1) is 5.41 Å². The topological polar surface area (TPSA) is 124 Å². The highest BCUT2D eigenvalue weighted by Crippen LogP contribution is 2.39. The van der Waals surface area contributed by atoms with Crippen LogP contribution in [0.5, 0.6) is 34.5 Å². The average Bonchev–Trinajstić information content (AvgIpc) is 1.90. The molecule has 0 radical (unpaired) electrons. The maximum Gasteiger partial charge on any atom is 0.312 e. The number of carbonyl (C=O) groups excluding carboxylic acids is 1. The maximum absolute atomic E-state index is 12.0. The first-order valence-electron chi connectivity index (χ1n) is 36.9. The maximum atomic E-state index is 12.0. The molecule has 7 unspecified atom stereocenters. The van der Waals surface area contributed by atoms with E-state index in [-0.39, 0.29) is 34.5 Å². The van der Waals surface area contributed by atoms with Crippen LogP contribution in [0.25, 0.3) is 0 Å². The highest BCUT2D eigenvalue weighted by Gasteiger charge is 2.39. The molecule has 6 aromatic carbocycles. The molecule has 9 heteroatoms. The summed E-state index contributed by atoms with van der Waals surface area (Å²) in [6.45, 7) is 51.8. The van der Waals surface area contributed by atoms with Crippen molar-refractivity contribution >= 4 is 5.97 Å². The van der Waals surface area contributed by atoms with E-state index in [2.05, 4.69) is 192 Å². The third kappa shape index (κ3) is 34.2. The number of aromatic hydroxyl groups is 3. The monoisotopic (exact) mass is 1330 g/mol. The molecule has 9 nitrogen and oxygen atoms in total. The molecule has 0 aliphatic heterocycles. The van der Waals surface area contributed by atoms with Crippen LogP contribution in [0.1, 0.15) is 325 Å². The molecular formula is C87H136O9. The summed E-state index contributed by atoms with van der Waals surface area (Å²) >= 11 is 0. The molecule has 0 heterocycles. The molecule has 0 amide bonds. The van der Waals surface area contributed by atoms with Crippen molar-refractivity contribution in [2.75, 3.05) is 6.61 Å². The van der Waals surface area contributed by atoms with E-state index >= 15 is 0 Å². The van der Waals surface area contributed by atoms with E-state index in [1.165, 1.54) is 59.1 Å². The summed E-state index contributed by atoms with van der Waals surface area (Å²) < 4.78 is 28.5. The van der Waals surface area contributed by atoms with Crippen LogP contribution in [-0.2, 0) is 14.3 Å². The second-order valence-electron chi connectivity index (χ2n) is 28.3. The molecule has 96 heavy (non-hydrogen) atoms. The lowest BCUT2D eigenvalue weighted by atomic mass is 9.89. The van der Waals surface area contributed by atoms with E-state index in [0.29, 0.717) is 59.4 Å². The quantitative estimate of drug-likeness (QED) is 0.0360. The zero-order valence-corrected chi connectivity index (χ0v) is 64.8. The van der Waals surface area contributed by atoms with Crippen LogP contribution in [0.4, 0.5) is 0 Å². The fourth-order valence-corrected chi connectivity index (χ4v) is 9.70. The van der Waals surface area contributed by atoms with Crippen LogP contribution in [-0.4, -0.2) is 51.0 Å². The van der Waals surface area contributed by atoms with Gasteiger partial charge in [0.15, 0.2) is 6.29 Å². The van der Waals surface area contributed by atoms with Crippen molar-refractivity contribution in [1.82, 2.24) is 0 Å². The van der Waals surface area contributed by atoms with Crippen LogP contribution < -0.4 is 14.2 Å². The first-order chi connectivity index (χ1) is 45.3. The van der Waals surface area contributed by atoms with Gasteiger partial charge in [0.25, 0.3) is 0 Å². The second-order valence-corrected chi connectivity index (χ2v) is 28.3. The highest BCUT2D eigenvalue weighted by molar-refractivity contribution is 5.76. The van der Waals surface area contributed by atoms with Crippen LogP contribution in [0.2, 0.25) is 0 Å². The number of ether oxygens (including phenoxy) is 5. The molecule has 7 atom stereocenters. The molecule has 1 fully saturated rings. The molecule has 1 aliphatic carbocycles. The Hall–Kier alpha value is -6.45. The summed E-state index contributed by atoms with van der Waals surface area (Å²) in [5.41, 5.74) is 7.43. The number of rotatable bonds is 26. The van der Waals surface area contributed by atoms with Gasteiger partial charge >= 0.3 is 5.97 Å². The minimum Gasteiger partial charge on any atom is -0.508 e. The second kappa shape index (κ2) is 45.9. The van der Waals surface area contributed by atoms with E-state index in [0.717, 1.165) is 81.5 Å². The van der Waals surface area contributed by atoms with E-state index in [1.807, 2.05) is 83.1 Å². The Balaban J connectivity index is 0.000000563. The van der Waals surface area contributed by atoms with Crippen molar-refractivity contribution in [3.63, 3.8) is 0 Å². The van der Waals surface area contributed by atoms with Crippen LogP contribution >= 0.6 is 0 Å². The molecule has 0 bridgehead atoms. The number of phenols is 3. The van der Waals surface area contributed by atoms with Gasteiger partial charge in [0.1, 0.15) is 51.3 Å². The van der Waals surface area contributed by atoms with Gasteiger partial charge in [-0.3, -0.25) is 4.79 Å². The van der Waals surface area contributed by atoms with E-state index in [4.69, 9.17) is 39.0 Å². The minimum atomic E-state index is -0.329. The van der Waals surface area contributed by atoms with Gasteiger partial charge < -0.3 is 39.0 Å². The zero-order valence-electron chi connectivity index (χ0n) is 64.8. The van der Waals surface area contributed by atoms with Gasteiger partial charge in [0.2, 0.25) is 0 Å². The van der Waals surface area contributed by atoms with E-state index in [9.17, 15) is 4.79 Å². The first-order valence-corrected chi connectivity index (χ1v) is 36.9. The van der Waals surface area contributed by atoms with Gasteiger partial charge in [-0.1, -0.05) is 184 Å². The molecule has 1 aliphatic rings. The average molecular weight is 1330 g/mol. The van der Waals surface area contributed by atoms with Crippen molar-refractivity contribution in [3.05, 3.63) is 179 Å². The van der Waals surface area contributed by atoms with Gasteiger partial charge in [-0.15, -0.1) is 0 Å². The predicted octanol–water partition coefficient (Wildman–Crippen LogP) is 25.9. The van der Waals surface area contributed by atoms with Crippen molar-refractivity contribution in [3.8, 4) is 34.5 Å². The number of phenolic OH excluding ortho intramolecular Hbond substituents is 3. The lowest BCUT2D eigenvalue weighted by molar-refractivity contribution is -0.170. The number of hydrogen-bond donors (Lipinski definition) is 3. The molecular weight excluding hydrogens is 1190 g/mol. The third-order valence-corrected chi connectivity index (χ3v) is 19.5. The Labute approximate surface area is 586 Å². The first kappa shape index (κ1) is 87.6. The summed E-state index contributed by atoms with van der Waals surface area (Å²) in [7, 11) is 0. The van der Waals surface area contributed by atoms with Crippen LogP contribution in [0.15, 0.2) is 146 Å². The summed E-state index contributed by atoms with van der Waals surface area (Å²) in [6.07, 6.45) is 15.1. The smallest absolute Gasteiger partial charge is 0.312 e. The predicted molar refractivity (Wildman–Crippen MR) is 409 cm³/mol. The largest absolute Gasteiger partial charge is 0.508 e. The summed E-state index contributed by atoms with van der Waals surface area (Å²) in [5, 5.41) is 27.0. The van der Waals surface area contributed by atoms with E-state index < -0.39 is 0 Å². The normalized spacial score (nSPS) is 14.5. The van der Waals surface area contributed by atoms with Gasteiger partial charge in [-0.2, -0.15) is 0 Å². The molecule has 7 rings (SSSR count). The molecule has 0 spiro atoms. The van der Waals surface area contributed by atoms with Crippen LogP contribution in [0.3, 0.4) is 0 Å². The Bertz CT molecular complexity index is 2710. The minimum absolute atomic E-state index is 0.0197. The molecule has 1 saturated carbocycles. The number of hydrogen-bond acceptors (Lipinski definition) is 9. The van der Waals surface area contributed by atoms with Gasteiger partial charge in [-0.05, 0) is 287 Å². The number of esters is 1. The van der Waals surface area contributed by atoms with Gasteiger partial charge in [0, 0.05) is 6.61 Å². The zero-order chi connectivity index (χ0) is 72.7. The standard InChI is InChI=1S/2C15H24O.C14H22O2.C13H24O2.3C10H14O/c2*1-6-12(3)13-8-10-14(11-9-13)16-15(4,5)7-2;1-5-11(3)13-7-9-14(10-8-13)16-12(4)15-6-2;1-5-12(3,4)11(14)15-13(6-2)9-7-8-10-13;3*1-3-8(2)9-4-6-10(11)7-5-9/h2*8-12H,6-7H2,1-5H3;7-12H,5-6H2,1-4H3;5-10H2,1-4H3;3*4-8,11H,3H2,1-2H3. The molecule has 6 aromatic rings.